The van der Waals surface area contributed by atoms with E-state index in [2.05, 4.69) is 10.2 Å². The number of nitrogens with zero attached hydrogens (tertiary/aromatic N) is 3. The second kappa shape index (κ2) is 5.05. The lowest BCUT2D eigenvalue weighted by molar-refractivity contribution is 0.264. The molecule has 0 amide bonds. The predicted octanol–water partition coefficient (Wildman–Crippen LogP) is 1.99. The molecule has 0 atom stereocenters. The van der Waals surface area contributed by atoms with Gasteiger partial charge in [0.2, 0.25) is 0 Å². The predicted molar refractivity (Wildman–Crippen MR) is 61.6 cm³/mol. The normalized spacial score (nSPS) is 10.8. The maximum atomic E-state index is 13.7. The van der Waals surface area contributed by atoms with Crippen LogP contribution in [0, 0.1) is 5.82 Å². The Kier molecular flexibility index (Phi) is 3.49. The van der Waals surface area contributed by atoms with E-state index in [0.29, 0.717) is 23.8 Å². The van der Waals surface area contributed by atoms with Gasteiger partial charge in [0.25, 0.3) is 0 Å². The maximum absolute atomic E-state index is 13.7. The van der Waals surface area contributed by atoms with Crippen molar-refractivity contribution >= 4 is 0 Å². The molecule has 0 radical (unpaired) electrons. The smallest absolute Gasteiger partial charge is 0.166 e. The molecule has 0 aliphatic rings. The highest BCUT2D eigenvalue weighted by molar-refractivity contribution is 5.56. The second-order valence-electron chi connectivity index (χ2n) is 3.73. The van der Waals surface area contributed by atoms with Crippen molar-refractivity contribution in [3.05, 3.63) is 35.9 Å². The lowest BCUT2D eigenvalue weighted by Crippen LogP contribution is -2.05. The Bertz CT molecular complexity index is 510. The summed E-state index contributed by atoms with van der Waals surface area (Å²) in [5.74, 6) is 0.598. The number of rotatable bonds is 4. The number of hydrogen-bond acceptors (Lipinski definition) is 3. The van der Waals surface area contributed by atoms with Crippen LogP contribution in [0.5, 0.6) is 0 Å². The zero-order valence-electron chi connectivity index (χ0n) is 9.60. The molecule has 1 heterocycles. The van der Waals surface area contributed by atoms with Crippen molar-refractivity contribution in [2.24, 2.45) is 0 Å². The van der Waals surface area contributed by atoms with Crippen molar-refractivity contribution in [3.8, 4) is 11.4 Å². The fraction of sp³-hybridized carbons (Fsp3) is 0.333. The molecule has 1 aromatic heterocycles. The highest BCUT2D eigenvalue weighted by Gasteiger charge is 2.15. The van der Waals surface area contributed by atoms with Crippen LogP contribution in [0.25, 0.3) is 11.4 Å². The van der Waals surface area contributed by atoms with E-state index in [1.807, 2.05) is 6.92 Å². The van der Waals surface area contributed by atoms with Crippen LogP contribution < -0.4 is 0 Å². The van der Waals surface area contributed by atoms with Crippen LogP contribution in [0.3, 0.4) is 0 Å². The summed E-state index contributed by atoms with van der Waals surface area (Å²) >= 11 is 0. The molecule has 2 aromatic rings. The fourth-order valence-electron chi connectivity index (χ4n) is 1.75. The van der Waals surface area contributed by atoms with Crippen molar-refractivity contribution in [3.63, 3.8) is 0 Å². The zero-order valence-corrected chi connectivity index (χ0v) is 9.60. The van der Waals surface area contributed by atoms with Crippen molar-refractivity contribution in [2.75, 3.05) is 0 Å². The molecule has 0 saturated heterocycles. The topological polar surface area (TPSA) is 50.9 Å². The third-order valence-corrected chi connectivity index (χ3v) is 2.53. The van der Waals surface area contributed by atoms with Gasteiger partial charge in [0.1, 0.15) is 12.4 Å². The van der Waals surface area contributed by atoms with E-state index in [0.717, 1.165) is 6.42 Å². The van der Waals surface area contributed by atoms with E-state index in [9.17, 15) is 4.39 Å². The molecule has 2 rings (SSSR count). The molecular weight excluding hydrogens is 221 g/mol. The standard InChI is InChI=1S/C12H14FN3O/c1-2-7-16-11(8-17)14-15-12(16)9-5-3-4-6-10(9)13/h3-6,17H,2,7-8H2,1H3. The van der Waals surface area contributed by atoms with Crippen molar-refractivity contribution in [1.82, 2.24) is 14.8 Å². The third-order valence-electron chi connectivity index (χ3n) is 2.53. The van der Waals surface area contributed by atoms with Crippen molar-refractivity contribution in [1.29, 1.82) is 0 Å². The summed E-state index contributed by atoms with van der Waals surface area (Å²) in [5.41, 5.74) is 0.410. The minimum Gasteiger partial charge on any atom is -0.388 e. The van der Waals surface area contributed by atoms with Gasteiger partial charge in [-0.1, -0.05) is 19.1 Å². The molecule has 0 bridgehead atoms. The Balaban J connectivity index is 2.52. The van der Waals surface area contributed by atoms with Crippen LogP contribution in [0.4, 0.5) is 4.39 Å². The van der Waals surface area contributed by atoms with E-state index in [1.54, 1.807) is 22.8 Å². The summed E-state index contributed by atoms with van der Waals surface area (Å²) in [4.78, 5) is 0. The van der Waals surface area contributed by atoms with Gasteiger partial charge >= 0.3 is 0 Å². The fourth-order valence-corrected chi connectivity index (χ4v) is 1.75. The summed E-state index contributed by atoms with van der Waals surface area (Å²) in [6.45, 7) is 2.47. The van der Waals surface area contributed by atoms with Crippen LogP contribution in [0.1, 0.15) is 19.2 Å². The Morgan fingerprint density at radius 2 is 2.06 bits per heavy atom. The molecule has 0 fully saturated rings. The van der Waals surface area contributed by atoms with E-state index >= 15 is 0 Å². The van der Waals surface area contributed by atoms with Crippen molar-refractivity contribution in [2.45, 2.75) is 26.5 Å². The molecule has 0 aliphatic carbocycles. The van der Waals surface area contributed by atoms with Gasteiger partial charge in [-0.3, -0.25) is 0 Å². The molecule has 0 unspecified atom stereocenters. The number of aliphatic hydroxyl groups is 1. The first kappa shape index (κ1) is 11.7. The molecule has 17 heavy (non-hydrogen) atoms. The molecule has 4 nitrogen and oxygen atoms in total. The van der Waals surface area contributed by atoms with Gasteiger partial charge in [-0.2, -0.15) is 0 Å². The van der Waals surface area contributed by atoms with Gasteiger partial charge in [0.15, 0.2) is 11.6 Å². The van der Waals surface area contributed by atoms with E-state index in [1.165, 1.54) is 6.07 Å². The number of aromatic nitrogens is 3. The summed E-state index contributed by atoms with van der Waals surface area (Å²) in [6, 6.07) is 6.43. The maximum Gasteiger partial charge on any atom is 0.166 e. The highest BCUT2D eigenvalue weighted by atomic mass is 19.1. The largest absolute Gasteiger partial charge is 0.388 e. The van der Waals surface area contributed by atoms with Gasteiger partial charge in [0.05, 0.1) is 5.56 Å². The quantitative estimate of drug-likeness (QED) is 0.881. The van der Waals surface area contributed by atoms with Gasteiger partial charge < -0.3 is 9.67 Å². The first-order valence-electron chi connectivity index (χ1n) is 5.55. The summed E-state index contributed by atoms with van der Waals surface area (Å²) in [6.07, 6.45) is 0.868. The molecule has 0 saturated carbocycles. The molecule has 90 valence electrons. The molecular formula is C12H14FN3O. The number of hydrogen-bond donors (Lipinski definition) is 1. The first-order chi connectivity index (χ1) is 8.27. The minimum atomic E-state index is -0.332. The Morgan fingerprint density at radius 1 is 1.29 bits per heavy atom. The van der Waals surface area contributed by atoms with Gasteiger partial charge in [-0.05, 0) is 18.6 Å². The lowest BCUT2D eigenvalue weighted by Gasteiger charge is -2.08. The minimum absolute atomic E-state index is 0.193. The van der Waals surface area contributed by atoms with Gasteiger partial charge in [-0.25, -0.2) is 4.39 Å². The Hall–Kier alpha value is -1.75. The van der Waals surface area contributed by atoms with Crippen LogP contribution in [0.2, 0.25) is 0 Å². The first-order valence-corrected chi connectivity index (χ1v) is 5.55. The number of halogens is 1. The van der Waals surface area contributed by atoms with Gasteiger partial charge in [0, 0.05) is 6.54 Å². The SMILES string of the molecule is CCCn1c(CO)nnc1-c1ccccc1F. The molecule has 5 heteroatoms. The van der Waals surface area contributed by atoms with Crippen LogP contribution in [-0.4, -0.2) is 19.9 Å². The number of benzene rings is 1. The number of aliphatic hydroxyl groups excluding tert-OH is 1. The van der Waals surface area contributed by atoms with E-state index in [-0.39, 0.29) is 12.4 Å². The van der Waals surface area contributed by atoms with Gasteiger partial charge in [-0.15, -0.1) is 10.2 Å². The average molecular weight is 235 g/mol. The summed E-state index contributed by atoms with van der Waals surface area (Å²) < 4.78 is 15.4. The summed E-state index contributed by atoms with van der Waals surface area (Å²) in [7, 11) is 0. The molecule has 1 N–H and O–H groups in total. The van der Waals surface area contributed by atoms with Crippen LogP contribution in [0.15, 0.2) is 24.3 Å². The van der Waals surface area contributed by atoms with Crippen LogP contribution >= 0.6 is 0 Å². The average Bonchev–Trinajstić information content (AvgIpc) is 2.73. The Labute approximate surface area is 98.7 Å². The second-order valence-corrected chi connectivity index (χ2v) is 3.73. The summed E-state index contributed by atoms with van der Waals surface area (Å²) in [5, 5.41) is 17.0. The molecule has 1 aromatic carbocycles. The molecule has 0 aliphatic heterocycles. The highest BCUT2D eigenvalue weighted by Crippen LogP contribution is 2.21. The van der Waals surface area contributed by atoms with Crippen LogP contribution in [-0.2, 0) is 13.2 Å². The van der Waals surface area contributed by atoms with Crippen molar-refractivity contribution < 1.29 is 9.50 Å². The van der Waals surface area contributed by atoms with E-state index in [4.69, 9.17) is 5.11 Å². The Morgan fingerprint density at radius 3 is 2.71 bits per heavy atom. The lowest BCUT2D eigenvalue weighted by atomic mass is 10.2. The third kappa shape index (κ3) is 2.19. The van der Waals surface area contributed by atoms with E-state index < -0.39 is 0 Å². The zero-order chi connectivity index (χ0) is 12.3. The monoisotopic (exact) mass is 235 g/mol. The molecule has 0 spiro atoms.